The first-order valence-corrected chi connectivity index (χ1v) is 9.33. The number of likely N-dealkylation sites (N-methyl/N-ethyl adjacent to an activating group) is 1. The molecule has 1 aliphatic rings. The van der Waals surface area contributed by atoms with E-state index in [0.717, 1.165) is 22.6 Å². The van der Waals surface area contributed by atoms with Gasteiger partial charge >= 0.3 is 0 Å². The number of benzene rings is 3. The highest BCUT2D eigenvalue weighted by Crippen LogP contribution is 2.53. The van der Waals surface area contributed by atoms with Crippen LogP contribution in [0, 0.1) is 0 Å². The van der Waals surface area contributed by atoms with E-state index in [0.29, 0.717) is 0 Å². The number of hydrogen-bond acceptors (Lipinski definition) is 2. The second-order valence-corrected chi connectivity index (χ2v) is 7.39. The van der Waals surface area contributed by atoms with Gasteiger partial charge in [-0.3, -0.25) is 4.79 Å². The molecule has 1 atom stereocenters. The van der Waals surface area contributed by atoms with Gasteiger partial charge in [-0.1, -0.05) is 78.9 Å². The van der Waals surface area contributed by atoms with E-state index in [9.17, 15) is 4.79 Å². The van der Waals surface area contributed by atoms with Crippen molar-refractivity contribution in [2.45, 2.75) is 10.5 Å². The van der Waals surface area contributed by atoms with Crippen LogP contribution in [0.25, 0.3) is 0 Å². The maximum Gasteiger partial charge on any atom is 0.252 e. The first kappa shape index (κ1) is 16.0. The van der Waals surface area contributed by atoms with Gasteiger partial charge in [-0.2, -0.15) is 0 Å². The molecule has 3 heteroatoms. The van der Waals surface area contributed by atoms with Crippen LogP contribution in [0.1, 0.15) is 16.7 Å². The molecule has 1 amide bonds. The largest absolute Gasteiger partial charge is 0.313 e. The van der Waals surface area contributed by atoms with Gasteiger partial charge in [-0.15, -0.1) is 11.8 Å². The van der Waals surface area contributed by atoms with Crippen molar-refractivity contribution in [3.05, 3.63) is 102 Å². The van der Waals surface area contributed by atoms with Crippen LogP contribution >= 0.6 is 11.8 Å². The maximum atomic E-state index is 13.4. The molecular formula is C22H19NOS. The summed E-state index contributed by atoms with van der Waals surface area (Å²) in [5.74, 6) is 0.907. The van der Waals surface area contributed by atoms with E-state index < -0.39 is 4.75 Å². The van der Waals surface area contributed by atoms with Crippen LogP contribution in [0.2, 0.25) is 0 Å². The summed E-state index contributed by atoms with van der Waals surface area (Å²) in [5.41, 5.74) is 4.34. The Balaban J connectivity index is 1.84. The third kappa shape index (κ3) is 2.56. The van der Waals surface area contributed by atoms with Crippen LogP contribution in [-0.4, -0.2) is 13.0 Å². The lowest BCUT2D eigenvalue weighted by atomic mass is 9.91. The van der Waals surface area contributed by atoms with Crippen molar-refractivity contribution in [1.82, 2.24) is 0 Å². The SMILES string of the molecule is CN1C(=O)C(SCc2ccccc2)(c2ccccc2)c2ccccc21. The van der Waals surface area contributed by atoms with Gasteiger partial charge in [-0.25, -0.2) is 0 Å². The quantitative estimate of drug-likeness (QED) is 0.674. The average molecular weight is 345 g/mol. The molecule has 3 aromatic rings. The van der Waals surface area contributed by atoms with E-state index in [-0.39, 0.29) is 5.91 Å². The van der Waals surface area contributed by atoms with Gasteiger partial charge in [0.1, 0.15) is 4.75 Å². The minimum absolute atomic E-state index is 0.126. The molecule has 0 fully saturated rings. The highest BCUT2D eigenvalue weighted by Gasteiger charge is 2.51. The van der Waals surface area contributed by atoms with Gasteiger partial charge in [0.15, 0.2) is 0 Å². The second-order valence-electron chi connectivity index (χ2n) is 6.20. The maximum absolute atomic E-state index is 13.4. The molecule has 3 aromatic carbocycles. The van der Waals surface area contributed by atoms with Gasteiger partial charge in [-0.05, 0) is 17.2 Å². The Morgan fingerprint density at radius 1 is 0.840 bits per heavy atom. The fraction of sp³-hybridized carbons (Fsp3) is 0.136. The van der Waals surface area contributed by atoms with Crippen LogP contribution in [0.4, 0.5) is 5.69 Å². The fourth-order valence-electron chi connectivity index (χ4n) is 3.47. The van der Waals surface area contributed by atoms with Crippen molar-refractivity contribution < 1.29 is 4.79 Å². The standard InChI is InChI=1S/C22H19NOS/c1-23-20-15-9-8-14-19(20)22(21(23)24,18-12-6-3-7-13-18)25-16-17-10-4-2-5-11-17/h2-15H,16H2,1H3. The van der Waals surface area contributed by atoms with E-state index in [1.807, 2.05) is 61.6 Å². The third-order valence-electron chi connectivity index (χ3n) is 4.73. The van der Waals surface area contributed by atoms with Crippen molar-refractivity contribution >= 4 is 23.4 Å². The minimum atomic E-state index is -0.692. The first-order valence-electron chi connectivity index (χ1n) is 8.34. The van der Waals surface area contributed by atoms with Gasteiger partial charge in [0.2, 0.25) is 0 Å². The summed E-state index contributed by atoms with van der Waals surface area (Å²) in [4.78, 5) is 15.2. The molecule has 4 rings (SSSR count). The Bertz CT molecular complexity index is 894. The molecule has 0 radical (unpaired) electrons. The molecule has 0 saturated heterocycles. The number of para-hydroxylation sites is 1. The molecule has 0 N–H and O–H groups in total. The molecule has 1 heterocycles. The molecule has 0 aromatic heterocycles. The van der Waals surface area contributed by atoms with Gasteiger partial charge in [0.05, 0.1) is 0 Å². The average Bonchev–Trinajstić information content (AvgIpc) is 2.90. The summed E-state index contributed by atoms with van der Waals surface area (Å²) < 4.78 is -0.692. The number of carbonyl (C=O) groups is 1. The summed E-state index contributed by atoms with van der Waals surface area (Å²) >= 11 is 1.70. The summed E-state index contributed by atoms with van der Waals surface area (Å²) in [6.45, 7) is 0. The zero-order chi connectivity index (χ0) is 17.3. The second kappa shape index (κ2) is 6.41. The van der Waals surface area contributed by atoms with Crippen LogP contribution in [0.15, 0.2) is 84.9 Å². The zero-order valence-electron chi connectivity index (χ0n) is 14.1. The van der Waals surface area contributed by atoms with Crippen molar-refractivity contribution in [1.29, 1.82) is 0 Å². The number of fused-ring (bicyclic) bond motifs is 1. The number of rotatable bonds is 4. The molecule has 25 heavy (non-hydrogen) atoms. The van der Waals surface area contributed by atoms with E-state index >= 15 is 0 Å². The lowest BCUT2D eigenvalue weighted by Crippen LogP contribution is -2.37. The number of amides is 1. The first-order chi connectivity index (χ1) is 12.2. The highest BCUT2D eigenvalue weighted by molar-refractivity contribution is 8.00. The number of anilines is 1. The summed E-state index contributed by atoms with van der Waals surface area (Å²) in [6.07, 6.45) is 0. The number of hydrogen-bond donors (Lipinski definition) is 0. The van der Waals surface area contributed by atoms with Crippen molar-refractivity contribution in [2.24, 2.45) is 0 Å². The minimum Gasteiger partial charge on any atom is -0.313 e. The molecule has 124 valence electrons. The summed E-state index contributed by atoms with van der Waals surface area (Å²) in [7, 11) is 1.87. The molecule has 0 aliphatic carbocycles. The van der Waals surface area contributed by atoms with Crippen molar-refractivity contribution in [3.8, 4) is 0 Å². The normalized spacial score (nSPS) is 19.1. The van der Waals surface area contributed by atoms with E-state index in [4.69, 9.17) is 0 Å². The van der Waals surface area contributed by atoms with Crippen molar-refractivity contribution in [2.75, 3.05) is 11.9 Å². The van der Waals surface area contributed by atoms with E-state index in [1.54, 1.807) is 16.7 Å². The Morgan fingerprint density at radius 3 is 2.16 bits per heavy atom. The molecule has 0 bridgehead atoms. The summed E-state index contributed by atoms with van der Waals surface area (Å²) in [6, 6.07) is 28.6. The monoisotopic (exact) mass is 345 g/mol. The third-order valence-corrected chi connectivity index (χ3v) is 6.27. The van der Waals surface area contributed by atoms with Gasteiger partial charge < -0.3 is 4.90 Å². The lowest BCUT2D eigenvalue weighted by Gasteiger charge is -2.28. The van der Waals surface area contributed by atoms with E-state index in [1.165, 1.54) is 5.56 Å². The molecule has 0 spiro atoms. The molecule has 1 unspecified atom stereocenters. The van der Waals surface area contributed by atoms with Crippen LogP contribution < -0.4 is 4.90 Å². The Kier molecular flexibility index (Phi) is 4.10. The fourth-order valence-corrected chi connectivity index (χ4v) is 4.93. The molecule has 2 nitrogen and oxygen atoms in total. The smallest absolute Gasteiger partial charge is 0.252 e. The predicted octanol–water partition coefficient (Wildman–Crippen LogP) is 4.84. The summed E-state index contributed by atoms with van der Waals surface area (Å²) in [5, 5.41) is 0. The van der Waals surface area contributed by atoms with Crippen LogP contribution in [0.5, 0.6) is 0 Å². The lowest BCUT2D eigenvalue weighted by molar-refractivity contribution is -0.119. The Morgan fingerprint density at radius 2 is 1.44 bits per heavy atom. The molecule has 1 aliphatic heterocycles. The van der Waals surface area contributed by atoms with Crippen LogP contribution in [0.3, 0.4) is 0 Å². The topological polar surface area (TPSA) is 20.3 Å². The Hall–Kier alpha value is -2.52. The van der Waals surface area contributed by atoms with Gasteiger partial charge in [0.25, 0.3) is 5.91 Å². The molecule has 0 saturated carbocycles. The number of carbonyl (C=O) groups excluding carboxylic acids is 1. The van der Waals surface area contributed by atoms with Gasteiger partial charge in [0, 0.05) is 24.1 Å². The highest BCUT2D eigenvalue weighted by atomic mass is 32.2. The predicted molar refractivity (Wildman–Crippen MR) is 105 cm³/mol. The van der Waals surface area contributed by atoms with E-state index in [2.05, 4.69) is 30.3 Å². The molecular weight excluding hydrogens is 326 g/mol. The van der Waals surface area contributed by atoms with Crippen LogP contribution in [-0.2, 0) is 15.3 Å². The number of nitrogens with zero attached hydrogens (tertiary/aromatic N) is 1. The Labute approximate surface area is 152 Å². The van der Waals surface area contributed by atoms with Crippen molar-refractivity contribution in [3.63, 3.8) is 0 Å². The zero-order valence-corrected chi connectivity index (χ0v) is 14.9. The number of thioether (sulfide) groups is 1.